The van der Waals surface area contributed by atoms with E-state index in [1.165, 1.54) is 38.8 Å². The van der Waals surface area contributed by atoms with Crippen molar-refractivity contribution in [3.8, 4) is 5.88 Å². The van der Waals surface area contributed by atoms with Crippen LogP contribution in [0, 0.1) is 0 Å². The average molecular weight is 533 g/mol. The van der Waals surface area contributed by atoms with Crippen LogP contribution < -0.4 is 22.3 Å². The van der Waals surface area contributed by atoms with Crippen LogP contribution in [0.5, 0.6) is 5.88 Å². The monoisotopic (exact) mass is 533 g/mol. The lowest BCUT2D eigenvalue weighted by Gasteiger charge is -2.28. The lowest BCUT2D eigenvalue weighted by atomic mass is 9.96. The van der Waals surface area contributed by atoms with Crippen LogP contribution in [-0.4, -0.2) is 84.5 Å². The smallest absolute Gasteiger partial charge is 0.336 e. The molecular formula is C18H28N7O10P. The van der Waals surface area contributed by atoms with E-state index in [1.807, 2.05) is 0 Å². The molecule has 200 valence electrons. The van der Waals surface area contributed by atoms with E-state index < -0.39 is 61.3 Å². The van der Waals surface area contributed by atoms with Gasteiger partial charge in [-0.15, -0.1) is 0 Å². The van der Waals surface area contributed by atoms with E-state index in [-0.39, 0.29) is 23.0 Å². The van der Waals surface area contributed by atoms with E-state index in [0.29, 0.717) is 0 Å². The Balaban J connectivity index is 1.91. The molecule has 3 heterocycles. The first-order valence-corrected chi connectivity index (χ1v) is 12.2. The van der Waals surface area contributed by atoms with Crippen LogP contribution in [-0.2, 0) is 33.1 Å². The predicted molar refractivity (Wildman–Crippen MR) is 120 cm³/mol. The highest BCUT2D eigenvalue weighted by Crippen LogP contribution is 2.57. The number of nitrogens with zero attached hydrogens (tertiary/aromatic N) is 4. The molecule has 2 unspecified atom stereocenters. The second-order valence-electron chi connectivity index (χ2n) is 8.28. The van der Waals surface area contributed by atoms with Gasteiger partial charge in [0.1, 0.15) is 29.1 Å². The van der Waals surface area contributed by atoms with Crippen LogP contribution >= 0.6 is 7.37 Å². The van der Waals surface area contributed by atoms with Crippen LogP contribution in [0.15, 0.2) is 6.33 Å². The molecule has 0 bridgehead atoms. The molecule has 1 saturated heterocycles. The lowest BCUT2D eigenvalue weighted by Crippen LogP contribution is -2.44. The largest absolute Gasteiger partial charge is 0.479 e. The van der Waals surface area contributed by atoms with Crippen molar-refractivity contribution in [3.05, 3.63) is 6.33 Å². The SMILES string of the molecule is COc1nc(N)nc2c1ncn2[C@@H]1O[C@H](COP(=O)(C(C)C(=O)ON)C(C)C(=O)ON)[C@@H](O)[C@@]1(C)O. The number of nitrogens with two attached hydrogens (primary N) is 3. The van der Waals surface area contributed by atoms with Crippen molar-refractivity contribution in [1.29, 1.82) is 0 Å². The summed E-state index contributed by atoms with van der Waals surface area (Å²) in [6.07, 6.45) is -2.88. The number of aliphatic hydroxyl groups excluding tert-OH is 1. The zero-order chi connectivity index (χ0) is 27.0. The molecule has 1 fully saturated rings. The first kappa shape index (κ1) is 27.7. The van der Waals surface area contributed by atoms with Gasteiger partial charge in [-0.25, -0.2) is 14.6 Å². The van der Waals surface area contributed by atoms with E-state index >= 15 is 0 Å². The van der Waals surface area contributed by atoms with Gasteiger partial charge in [0.25, 0.3) is 0 Å². The second kappa shape index (κ2) is 10.2. The summed E-state index contributed by atoms with van der Waals surface area (Å²) in [4.78, 5) is 44.5. The van der Waals surface area contributed by atoms with Gasteiger partial charge < -0.3 is 39.6 Å². The standard InChI is InChI=1S/C18H28N7O10P/c1-7(14(27)34-20)36(30,8(2)15(28)35-21)32-5-9-11(26)18(3,29)16(33-9)25-6-22-10-12(25)23-17(19)24-13(10)31-4/h6-9,11,16,26,29H,5,20-21H2,1-4H3,(H2,19,23,24)/t7?,8?,9-,11-,16-,18-,36?/m1/s1. The van der Waals surface area contributed by atoms with E-state index in [9.17, 15) is 24.4 Å². The lowest BCUT2D eigenvalue weighted by molar-refractivity contribution is -0.144. The number of aliphatic hydroxyl groups is 2. The number of fused-ring (bicyclic) bond motifs is 1. The van der Waals surface area contributed by atoms with Crippen molar-refractivity contribution < 1.29 is 48.0 Å². The maximum atomic E-state index is 13.6. The average Bonchev–Trinajstić information content (AvgIpc) is 3.37. The number of hydrogen-bond acceptors (Lipinski definition) is 16. The minimum absolute atomic E-state index is 0.0804. The Kier molecular flexibility index (Phi) is 7.85. The van der Waals surface area contributed by atoms with Gasteiger partial charge in [-0.3, -0.25) is 9.13 Å². The van der Waals surface area contributed by atoms with Gasteiger partial charge >= 0.3 is 11.9 Å². The molecule has 0 aromatic carbocycles. The van der Waals surface area contributed by atoms with Crippen molar-refractivity contribution in [2.45, 2.75) is 56.1 Å². The highest BCUT2D eigenvalue weighted by Gasteiger charge is 2.55. The molecule has 17 nitrogen and oxygen atoms in total. The predicted octanol–water partition coefficient (Wildman–Crippen LogP) is -1.67. The molecule has 0 saturated carbocycles. The number of hydrogen-bond donors (Lipinski definition) is 5. The molecule has 0 spiro atoms. The minimum atomic E-state index is -4.26. The van der Waals surface area contributed by atoms with Crippen molar-refractivity contribution >= 4 is 36.4 Å². The molecule has 36 heavy (non-hydrogen) atoms. The number of carbonyl (C=O) groups excluding carboxylic acids is 2. The summed E-state index contributed by atoms with van der Waals surface area (Å²) >= 11 is 0. The Hall–Kier alpha value is -2.92. The molecular weight excluding hydrogens is 505 g/mol. The summed E-state index contributed by atoms with van der Waals surface area (Å²) in [7, 11) is -2.90. The van der Waals surface area contributed by atoms with Crippen LogP contribution in [0.4, 0.5) is 5.95 Å². The van der Waals surface area contributed by atoms with Gasteiger partial charge in [0.2, 0.25) is 19.2 Å². The Bertz CT molecular complexity index is 1160. The van der Waals surface area contributed by atoms with Crippen molar-refractivity contribution in [2.75, 3.05) is 19.5 Å². The van der Waals surface area contributed by atoms with Crippen molar-refractivity contribution in [1.82, 2.24) is 19.5 Å². The fraction of sp³-hybridized carbons (Fsp3) is 0.611. The maximum absolute atomic E-state index is 13.6. The zero-order valence-corrected chi connectivity index (χ0v) is 20.7. The molecule has 2 aromatic rings. The molecule has 1 aliphatic heterocycles. The van der Waals surface area contributed by atoms with Gasteiger partial charge in [0.15, 0.2) is 17.4 Å². The number of aromatic nitrogens is 4. The van der Waals surface area contributed by atoms with Gasteiger partial charge in [0.05, 0.1) is 20.0 Å². The number of nitrogen functional groups attached to an aromatic ring is 1. The van der Waals surface area contributed by atoms with Gasteiger partial charge in [-0.05, 0) is 20.8 Å². The number of ether oxygens (including phenoxy) is 2. The number of imidazole rings is 1. The molecule has 6 atom stereocenters. The van der Waals surface area contributed by atoms with E-state index in [2.05, 4.69) is 24.6 Å². The van der Waals surface area contributed by atoms with Crippen molar-refractivity contribution in [2.24, 2.45) is 11.8 Å². The van der Waals surface area contributed by atoms with Gasteiger partial charge in [-0.2, -0.15) is 21.8 Å². The van der Waals surface area contributed by atoms with Crippen LogP contribution in [0.2, 0.25) is 0 Å². The molecule has 2 aromatic heterocycles. The minimum Gasteiger partial charge on any atom is -0.479 e. The normalized spacial score (nSPS) is 27.3. The topological polar surface area (TPSA) is 259 Å². The number of methoxy groups -OCH3 is 1. The molecule has 0 aliphatic carbocycles. The number of anilines is 1. The van der Waals surface area contributed by atoms with Crippen LogP contribution in [0.1, 0.15) is 27.0 Å². The van der Waals surface area contributed by atoms with E-state index in [4.69, 9.17) is 31.5 Å². The molecule has 1 aliphatic rings. The van der Waals surface area contributed by atoms with E-state index in [0.717, 1.165) is 0 Å². The summed E-state index contributed by atoms with van der Waals surface area (Å²) in [6.45, 7) is 3.02. The summed E-state index contributed by atoms with van der Waals surface area (Å²) in [5, 5.41) is 21.9. The number of rotatable bonds is 9. The zero-order valence-electron chi connectivity index (χ0n) is 19.8. The highest BCUT2D eigenvalue weighted by atomic mass is 31.2. The Morgan fingerprint density at radius 1 is 1.25 bits per heavy atom. The van der Waals surface area contributed by atoms with Crippen LogP contribution in [0.3, 0.4) is 0 Å². The molecule has 3 rings (SSSR count). The third-order valence-corrected chi connectivity index (χ3v) is 9.18. The quantitative estimate of drug-likeness (QED) is 0.178. The van der Waals surface area contributed by atoms with Crippen LogP contribution in [0.25, 0.3) is 11.2 Å². The summed E-state index contributed by atoms with van der Waals surface area (Å²) in [5.74, 6) is 7.50. The van der Waals surface area contributed by atoms with Gasteiger partial charge in [0, 0.05) is 0 Å². The Morgan fingerprint density at radius 3 is 2.36 bits per heavy atom. The summed E-state index contributed by atoms with van der Waals surface area (Å²) in [6, 6.07) is 0. The first-order chi connectivity index (χ1) is 16.8. The van der Waals surface area contributed by atoms with Crippen molar-refractivity contribution in [3.63, 3.8) is 0 Å². The molecule has 8 N–H and O–H groups in total. The first-order valence-electron chi connectivity index (χ1n) is 10.5. The Morgan fingerprint density at radius 2 is 1.83 bits per heavy atom. The fourth-order valence-corrected chi connectivity index (χ4v) is 6.05. The molecule has 0 amide bonds. The number of carbonyl (C=O) groups is 2. The molecule has 18 heteroatoms. The highest BCUT2D eigenvalue weighted by molar-refractivity contribution is 7.62. The third-order valence-electron chi connectivity index (χ3n) is 6.04. The molecule has 0 radical (unpaired) electrons. The Labute approximate surface area is 204 Å². The van der Waals surface area contributed by atoms with Gasteiger partial charge in [-0.1, -0.05) is 0 Å². The summed E-state index contributed by atoms with van der Waals surface area (Å²) in [5.41, 5.74) is 1.14. The second-order valence-corrected chi connectivity index (χ2v) is 11.4. The summed E-state index contributed by atoms with van der Waals surface area (Å²) < 4.78 is 31.4. The third kappa shape index (κ3) is 4.61. The fourth-order valence-electron chi connectivity index (χ4n) is 3.84. The van der Waals surface area contributed by atoms with E-state index in [1.54, 1.807) is 0 Å². The maximum Gasteiger partial charge on any atom is 0.336 e.